The molecule has 0 bridgehead atoms. The van der Waals surface area contributed by atoms with E-state index in [1.807, 2.05) is 6.07 Å². The maximum Gasteiger partial charge on any atom is 1.00 e. The molecule has 0 unspecified atom stereocenters. The van der Waals surface area contributed by atoms with Gasteiger partial charge in [-0.15, -0.1) is 18.2 Å². The van der Waals surface area contributed by atoms with Crippen molar-refractivity contribution >= 4 is 22.1 Å². The Morgan fingerprint density at radius 3 is 2.06 bits per heavy atom. The maximum atomic E-state index is 10.9. The van der Waals surface area contributed by atoms with Crippen LogP contribution in [0.2, 0.25) is 0 Å². The van der Waals surface area contributed by atoms with Gasteiger partial charge in [-0.05, 0) is 11.1 Å². The summed E-state index contributed by atoms with van der Waals surface area (Å²) < 4.78 is 30.6. The number of hydrogen-bond acceptors (Lipinski definition) is 4. The van der Waals surface area contributed by atoms with Gasteiger partial charge in [0, 0.05) is 4.90 Å². The Balaban J connectivity index is 0.00000256. The van der Waals surface area contributed by atoms with Gasteiger partial charge in [-0.25, -0.2) is 13.2 Å². The molecule has 0 saturated carbocycles. The summed E-state index contributed by atoms with van der Waals surface area (Å²) in [5.74, 6) is -3.36. The predicted molar refractivity (Wildman–Crippen MR) is 49.0 cm³/mol. The van der Waals surface area contributed by atoms with Crippen LogP contribution in [0.3, 0.4) is 0 Å². The first-order valence-electron chi connectivity index (χ1n) is 3.74. The molecule has 3 N–H and O–H groups in total. The van der Waals surface area contributed by atoms with Crippen LogP contribution in [0.4, 0.5) is 0 Å². The molecule has 7 nitrogen and oxygen atoms in total. The van der Waals surface area contributed by atoms with Gasteiger partial charge >= 0.3 is 35.5 Å². The summed E-state index contributed by atoms with van der Waals surface area (Å²) in [4.78, 5) is 20.1. The summed E-state index contributed by atoms with van der Waals surface area (Å²) in [6.45, 7) is 0. The summed E-state index contributed by atoms with van der Waals surface area (Å²) in [5.41, 5.74) is -1.74. The third-order valence-electron chi connectivity index (χ3n) is 1.65. The summed E-state index contributed by atoms with van der Waals surface area (Å²) in [6.07, 6.45) is 0. The fourth-order valence-corrected chi connectivity index (χ4v) is 1.92. The quantitative estimate of drug-likeness (QED) is 0.305. The summed E-state index contributed by atoms with van der Waals surface area (Å²) in [7, 11) is -4.95. The van der Waals surface area contributed by atoms with Crippen molar-refractivity contribution in [3.8, 4) is 0 Å². The Bertz CT molecular complexity index is 531. The van der Waals surface area contributed by atoms with Gasteiger partial charge in [-0.1, -0.05) is 0 Å². The van der Waals surface area contributed by atoms with Gasteiger partial charge in [-0.2, -0.15) is 0 Å². The smallest absolute Gasteiger partial charge is 0.521 e. The average molecular weight is 268 g/mol. The molecule has 0 spiro atoms. The summed E-state index contributed by atoms with van der Waals surface area (Å²) >= 11 is 0. The predicted octanol–water partition coefficient (Wildman–Crippen LogP) is -2.87. The molecule has 0 aliphatic rings. The van der Waals surface area contributed by atoms with E-state index in [1.54, 1.807) is 0 Å². The van der Waals surface area contributed by atoms with Crippen LogP contribution in [0.1, 0.15) is 20.7 Å². The Labute approximate surface area is 118 Å². The Morgan fingerprint density at radius 2 is 1.71 bits per heavy atom. The Kier molecular flexibility index (Phi) is 5.30. The van der Waals surface area contributed by atoms with E-state index >= 15 is 0 Å². The zero-order chi connectivity index (χ0) is 12.5. The third-order valence-corrected chi connectivity index (χ3v) is 2.59. The summed E-state index contributed by atoms with van der Waals surface area (Å²) in [5, 5.41) is 17.3. The van der Waals surface area contributed by atoms with Crippen LogP contribution >= 0.6 is 0 Å². The summed E-state index contributed by atoms with van der Waals surface area (Å²) in [6, 6.07) is 3.81. The van der Waals surface area contributed by atoms with E-state index in [2.05, 4.69) is 0 Å². The van der Waals surface area contributed by atoms with Crippen LogP contribution in [0.15, 0.2) is 17.0 Å². The number of rotatable bonds is 3. The normalized spacial score (nSPS) is 10.4. The number of aromatic carboxylic acids is 2. The molecule has 1 rings (SSSR count). The van der Waals surface area contributed by atoms with Crippen LogP contribution in [0.5, 0.6) is 0 Å². The van der Waals surface area contributed by atoms with Crippen molar-refractivity contribution in [3.05, 3.63) is 29.3 Å². The van der Waals surface area contributed by atoms with E-state index < -0.39 is 38.1 Å². The number of carboxylic acid groups (broad SMARTS) is 2. The molecule has 0 aliphatic carbocycles. The van der Waals surface area contributed by atoms with Gasteiger partial charge < -0.3 is 15.0 Å². The van der Waals surface area contributed by atoms with Gasteiger partial charge in [0.05, 0.1) is 0 Å². The fourth-order valence-electron chi connectivity index (χ4n) is 1.08. The number of benzene rings is 1. The van der Waals surface area contributed by atoms with Crippen molar-refractivity contribution in [1.82, 2.24) is 0 Å². The van der Waals surface area contributed by atoms with Crippen molar-refractivity contribution in [2.24, 2.45) is 0 Å². The monoisotopic (exact) mass is 268 g/mol. The second kappa shape index (κ2) is 5.61. The first kappa shape index (κ1) is 16.1. The van der Waals surface area contributed by atoms with Gasteiger partial charge in [0.1, 0.15) is 0 Å². The van der Waals surface area contributed by atoms with Crippen LogP contribution in [0.25, 0.3) is 0 Å². The number of hydrogen-bond donors (Lipinski definition) is 3. The number of carbonyl (C=O) groups is 2. The molecule has 0 radical (unpaired) electrons. The van der Waals surface area contributed by atoms with E-state index in [0.29, 0.717) is 0 Å². The first-order chi connectivity index (χ1) is 7.25. The molecule has 86 valence electrons. The van der Waals surface area contributed by atoms with E-state index in [1.165, 1.54) is 0 Å². The van der Waals surface area contributed by atoms with Crippen molar-refractivity contribution in [2.75, 3.05) is 0 Å². The molecular formula is C8H5NaO7S. The zero-order valence-corrected chi connectivity index (χ0v) is 11.4. The molecule has 0 amide bonds. The molecular weight excluding hydrogens is 263 g/mol. The minimum Gasteiger partial charge on any atom is -0.521 e. The zero-order valence-electron chi connectivity index (χ0n) is 8.54. The molecule has 17 heavy (non-hydrogen) atoms. The SMILES string of the molecule is O=C(O)c1[c-]ccc(C(=O)O)c1S(=O)(=O)O.[Na+]. The molecule has 0 saturated heterocycles. The molecule has 0 atom stereocenters. The van der Waals surface area contributed by atoms with Gasteiger partial charge in [0.25, 0.3) is 10.1 Å². The third kappa shape index (κ3) is 3.51. The Morgan fingerprint density at radius 1 is 1.18 bits per heavy atom. The Hall–Kier alpha value is -0.930. The first-order valence-corrected chi connectivity index (χ1v) is 5.18. The van der Waals surface area contributed by atoms with Crippen LogP contribution in [-0.2, 0) is 10.1 Å². The van der Waals surface area contributed by atoms with E-state index in [9.17, 15) is 18.0 Å². The van der Waals surface area contributed by atoms with Crippen molar-refractivity contribution < 1.29 is 62.3 Å². The fraction of sp³-hybridized carbons (Fsp3) is 0. The molecule has 0 aliphatic heterocycles. The van der Waals surface area contributed by atoms with E-state index in [-0.39, 0.29) is 29.6 Å². The molecule has 9 heteroatoms. The standard InChI is InChI=1S/C8H5O7S.Na/c9-7(10)4-2-1-3-5(8(11)12)6(4)16(13,14)15;/h1-2H,(H,9,10)(H,11,12)(H,13,14,15);/q-1;+1. The van der Waals surface area contributed by atoms with Gasteiger partial charge in [0.15, 0.2) is 0 Å². The van der Waals surface area contributed by atoms with E-state index in [4.69, 9.17) is 14.8 Å². The van der Waals surface area contributed by atoms with Gasteiger partial charge in [0.2, 0.25) is 5.97 Å². The average Bonchev–Trinajstić information content (AvgIpc) is 2.15. The van der Waals surface area contributed by atoms with E-state index in [0.717, 1.165) is 12.1 Å². The topological polar surface area (TPSA) is 129 Å². The van der Waals surface area contributed by atoms with Crippen LogP contribution < -0.4 is 29.6 Å². The van der Waals surface area contributed by atoms with Crippen LogP contribution in [-0.4, -0.2) is 35.1 Å². The van der Waals surface area contributed by atoms with Gasteiger partial charge in [-0.3, -0.25) is 4.55 Å². The molecule has 0 fully saturated rings. The molecule has 1 aromatic rings. The van der Waals surface area contributed by atoms with Crippen LogP contribution in [0, 0.1) is 6.07 Å². The molecule has 0 heterocycles. The maximum absolute atomic E-state index is 10.9. The number of carboxylic acids is 2. The minimum atomic E-state index is -4.95. The van der Waals surface area contributed by atoms with Crippen molar-refractivity contribution in [3.63, 3.8) is 0 Å². The molecule has 1 aromatic carbocycles. The second-order valence-corrected chi connectivity index (χ2v) is 4.04. The molecule has 0 aromatic heterocycles. The second-order valence-electron chi connectivity index (χ2n) is 2.68. The minimum absolute atomic E-state index is 0. The largest absolute Gasteiger partial charge is 1.00 e. The van der Waals surface area contributed by atoms with Crippen molar-refractivity contribution in [1.29, 1.82) is 0 Å². The van der Waals surface area contributed by atoms with Crippen molar-refractivity contribution in [2.45, 2.75) is 4.90 Å².